The Morgan fingerprint density at radius 2 is 1.77 bits per heavy atom. The molecule has 114 valence electrons. The largest absolute Gasteiger partial charge is 0.352 e. The molecule has 0 aliphatic carbocycles. The van der Waals surface area contributed by atoms with Crippen LogP contribution in [0.25, 0.3) is 0 Å². The summed E-state index contributed by atoms with van der Waals surface area (Å²) in [7, 11) is 0. The number of carbonyl (C=O) groups is 1. The monoisotopic (exact) mass is 338 g/mol. The van der Waals surface area contributed by atoms with Gasteiger partial charge in [-0.05, 0) is 30.2 Å². The fraction of sp³-hybridized carbons (Fsp3) is 0.133. The molecule has 2 rings (SSSR count). The van der Waals surface area contributed by atoms with Crippen LogP contribution in [0.15, 0.2) is 42.5 Å². The topological polar surface area (TPSA) is 72.2 Å². The van der Waals surface area contributed by atoms with Gasteiger partial charge in [-0.25, -0.2) is 0 Å². The van der Waals surface area contributed by atoms with Gasteiger partial charge in [-0.1, -0.05) is 35.3 Å². The third kappa shape index (κ3) is 4.19. The lowest BCUT2D eigenvalue weighted by Crippen LogP contribution is -2.25. The summed E-state index contributed by atoms with van der Waals surface area (Å²) in [5.41, 5.74) is 1.38. The van der Waals surface area contributed by atoms with Gasteiger partial charge in [0.15, 0.2) is 0 Å². The molecule has 0 aliphatic rings. The van der Waals surface area contributed by atoms with E-state index in [0.29, 0.717) is 28.6 Å². The lowest BCUT2D eigenvalue weighted by Gasteiger charge is -2.06. The van der Waals surface area contributed by atoms with Crippen molar-refractivity contribution in [3.8, 4) is 0 Å². The number of amides is 1. The lowest BCUT2D eigenvalue weighted by atomic mass is 10.1. The van der Waals surface area contributed by atoms with Crippen LogP contribution in [0.3, 0.4) is 0 Å². The molecule has 0 radical (unpaired) electrons. The van der Waals surface area contributed by atoms with E-state index in [4.69, 9.17) is 23.2 Å². The van der Waals surface area contributed by atoms with Crippen LogP contribution in [-0.2, 0) is 6.42 Å². The van der Waals surface area contributed by atoms with E-state index in [2.05, 4.69) is 5.32 Å². The molecule has 0 unspecified atom stereocenters. The maximum Gasteiger partial charge on any atom is 0.269 e. The summed E-state index contributed by atoms with van der Waals surface area (Å²) < 4.78 is 0. The van der Waals surface area contributed by atoms with Gasteiger partial charge >= 0.3 is 0 Å². The van der Waals surface area contributed by atoms with Crippen LogP contribution in [0.4, 0.5) is 5.69 Å². The van der Waals surface area contributed by atoms with Gasteiger partial charge in [0, 0.05) is 24.2 Å². The molecule has 2 aromatic carbocycles. The van der Waals surface area contributed by atoms with Crippen molar-refractivity contribution in [3.05, 3.63) is 73.8 Å². The molecular formula is C15H12Cl2N2O3. The Kier molecular flexibility index (Phi) is 5.35. The number of rotatable bonds is 5. The van der Waals surface area contributed by atoms with Crippen molar-refractivity contribution in [2.45, 2.75) is 6.42 Å². The fourth-order valence-corrected chi connectivity index (χ4v) is 2.14. The molecule has 0 atom stereocenters. The number of hydrogen-bond acceptors (Lipinski definition) is 3. The Morgan fingerprint density at radius 3 is 2.36 bits per heavy atom. The highest BCUT2D eigenvalue weighted by Crippen LogP contribution is 2.22. The van der Waals surface area contributed by atoms with Crippen molar-refractivity contribution in [3.63, 3.8) is 0 Å². The van der Waals surface area contributed by atoms with E-state index in [9.17, 15) is 14.9 Å². The SMILES string of the molecule is O=C(NCCc1ccc([N+](=O)[O-])cc1)c1ccc(Cl)c(Cl)c1. The molecule has 0 fully saturated rings. The van der Waals surface area contributed by atoms with E-state index in [-0.39, 0.29) is 11.6 Å². The van der Waals surface area contributed by atoms with Gasteiger partial charge in [0.25, 0.3) is 11.6 Å². The average molecular weight is 339 g/mol. The average Bonchev–Trinajstić information content (AvgIpc) is 2.50. The second-order valence-electron chi connectivity index (χ2n) is 4.56. The van der Waals surface area contributed by atoms with E-state index in [1.165, 1.54) is 18.2 Å². The zero-order valence-corrected chi connectivity index (χ0v) is 12.9. The number of carbonyl (C=O) groups excluding carboxylic acids is 1. The van der Waals surface area contributed by atoms with Gasteiger partial charge in [0.05, 0.1) is 15.0 Å². The first-order valence-corrected chi connectivity index (χ1v) is 7.19. The highest BCUT2D eigenvalue weighted by atomic mass is 35.5. The molecule has 7 heteroatoms. The van der Waals surface area contributed by atoms with E-state index in [1.807, 2.05) is 0 Å². The van der Waals surface area contributed by atoms with Crippen LogP contribution < -0.4 is 5.32 Å². The molecule has 5 nitrogen and oxygen atoms in total. The van der Waals surface area contributed by atoms with Crippen LogP contribution in [-0.4, -0.2) is 17.4 Å². The van der Waals surface area contributed by atoms with E-state index < -0.39 is 4.92 Å². The number of benzene rings is 2. The lowest BCUT2D eigenvalue weighted by molar-refractivity contribution is -0.384. The van der Waals surface area contributed by atoms with Crippen molar-refractivity contribution >= 4 is 34.8 Å². The van der Waals surface area contributed by atoms with Crippen LogP contribution in [0, 0.1) is 10.1 Å². The van der Waals surface area contributed by atoms with E-state index in [0.717, 1.165) is 5.56 Å². The zero-order chi connectivity index (χ0) is 16.1. The first kappa shape index (κ1) is 16.3. The first-order chi connectivity index (χ1) is 10.5. The summed E-state index contributed by atoms with van der Waals surface area (Å²) in [6.07, 6.45) is 0.574. The van der Waals surface area contributed by atoms with E-state index in [1.54, 1.807) is 24.3 Å². The number of non-ortho nitro benzene ring substituents is 1. The second kappa shape index (κ2) is 7.24. The smallest absolute Gasteiger partial charge is 0.269 e. The first-order valence-electron chi connectivity index (χ1n) is 6.44. The number of nitro benzene ring substituents is 1. The summed E-state index contributed by atoms with van der Waals surface area (Å²) in [5, 5.41) is 14.0. The normalized spacial score (nSPS) is 10.3. The molecule has 22 heavy (non-hydrogen) atoms. The van der Waals surface area contributed by atoms with Crippen LogP contribution in [0.1, 0.15) is 15.9 Å². The maximum atomic E-state index is 11.9. The Labute approximate surface area is 137 Å². The Bertz CT molecular complexity index is 702. The van der Waals surface area contributed by atoms with Crippen molar-refractivity contribution in [2.75, 3.05) is 6.54 Å². The highest BCUT2D eigenvalue weighted by Gasteiger charge is 2.08. The molecule has 0 aromatic heterocycles. The van der Waals surface area contributed by atoms with Crippen LogP contribution in [0.5, 0.6) is 0 Å². The Balaban J connectivity index is 1.88. The summed E-state index contributed by atoms with van der Waals surface area (Å²) in [6.45, 7) is 0.414. The summed E-state index contributed by atoms with van der Waals surface area (Å²) in [4.78, 5) is 22.0. The minimum atomic E-state index is -0.449. The maximum absolute atomic E-state index is 11.9. The molecule has 0 heterocycles. The van der Waals surface area contributed by atoms with Crippen LogP contribution in [0.2, 0.25) is 10.0 Å². The molecule has 0 spiro atoms. The molecular weight excluding hydrogens is 327 g/mol. The number of hydrogen-bond donors (Lipinski definition) is 1. The molecule has 0 saturated carbocycles. The summed E-state index contributed by atoms with van der Waals surface area (Å²) in [5.74, 6) is -0.250. The van der Waals surface area contributed by atoms with Gasteiger partial charge in [-0.3, -0.25) is 14.9 Å². The predicted molar refractivity (Wildman–Crippen MR) is 85.6 cm³/mol. The van der Waals surface area contributed by atoms with Crippen LogP contribution >= 0.6 is 23.2 Å². The molecule has 2 aromatic rings. The minimum absolute atomic E-state index is 0.0450. The van der Waals surface area contributed by atoms with Gasteiger partial charge in [0.2, 0.25) is 0 Å². The molecule has 0 aliphatic heterocycles. The van der Waals surface area contributed by atoms with Crippen molar-refractivity contribution in [1.82, 2.24) is 5.32 Å². The van der Waals surface area contributed by atoms with E-state index >= 15 is 0 Å². The summed E-state index contributed by atoms with van der Waals surface area (Å²) >= 11 is 11.7. The third-order valence-electron chi connectivity index (χ3n) is 3.03. The number of halogens is 2. The molecule has 1 amide bonds. The third-order valence-corrected chi connectivity index (χ3v) is 3.77. The molecule has 0 bridgehead atoms. The number of nitro groups is 1. The van der Waals surface area contributed by atoms with Gasteiger partial charge < -0.3 is 5.32 Å². The number of nitrogens with one attached hydrogen (secondary N) is 1. The summed E-state index contributed by atoms with van der Waals surface area (Å²) in [6, 6.07) is 10.9. The quantitative estimate of drug-likeness (QED) is 0.664. The molecule has 0 saturated heterocycles. The van der Waals surface area contributed by atoms with Gasteiger partial charge in [-0.2, -0.15) is 0 Å². The number of nitrogens with zero attached hydrogens (tertiary/aromatic N) is 1. The standard InChI is InChI=1S/C15H12Cl2N2O3/c16-13-6-3-11(9-14(13)17)15(20)18-8-7-10-1-4-12(5-2-10)19(21)22/h1-6,9H,7-8H2,(H,18,20). The fourth-order valence-electron chi connectivity index (χ4n) is 1.84. The predicted octanol–water partition coefficient (Wildman–Crippen LogP) is 3.87. The molecule has 1 N–H and O–H groups in total. The minimum Gasteiger partial charge on any atom is -0.352 e. The van der Waals surface area contributed by atoms with Crippen molar-refractivity contribution in [1.29, 1.82) is 0 Å². The van der Waals surface area contributed by atoms with Gasteiger partial charge in [-0.15, -0.1) is 0 Å². The zero-order valence-electron chi connectivity index (χ0n) is 11.4. The Morgan fingerprint density at radius 1 is 1.09 bits per heavy atom. The van der Waals surface area contributed by atoms with Crippen molar-refractivity contribution in [2.24, 2.45) is 0 Å². The highest BCUT2D eigenvalue weighted by molar-refractivity contribution is 6.42. The van der Waals surface area contributed by atoms with Gasteiger partial charge in [0.1, 0.15) is 0 Å². The second-order valence-corrected chi connectivity index (χ2v) is 5.37. The van der Waals surface area contributed by atoms with Crippen molar-refractivity contribution < 1.29 is 9.72 Å². The Hall–Kier alpha value is -2.11.